The number of hydrogen-bond acceptors (Lipinski definition) is 8. The minimum Gasteiger partial charge on any atom is -0.508 e. The molecule has 1 fully saturated rings. The molecule has 3 aliphatic carbocycles. The van der Waals surface area contributed by atoms with Gasteiger partial charge in [-0.25, -0.2) is 0 Å². The zero-order chi connectivity index (χ0) is 31.3. The SMILES string of the molecule is CC(=O)C1=C(O)[C@]2(O)C(=O)C3=C(O)c4c(O)cccc4/C(=C\c4ccc(C)c(C)c4)[C@]3(C)[C@@H](O)[C@]2(C)C(C(C)C)C1=O. The second-order valence-electron chi connectivity index (χ2n) is 12.6. The van der Waals surface area contributed by atoms with Crippen LogP contribution < -0.4 is 0 Å². The van der Waals surface area contributed by atoms with Gasteiger partial charge in [-0.2, -0.15) is 0 Å². The van der Waals surface area contributed by atoms with Gasteiger partial charge in [0.2, 0.25) is 5.78 Å². The van der Waals surface area contributed by atoms with Gasteiger partial charge in [0.05, 0.1) is 22.7 Å². The molecule has 220 valence electrons. The molecule has 2 aromatic carbocycles. The fraction of sp³-hybridized carbons (Fsp3) is 0.382. The van der Waals surface area contributed by atoms with Crippen LogP contribution in [0.3, 0.4) is 0 Å². The molecule has 0 amide bonds. The molecule has 5 atom stereocenters. The van der Waals surface area contributed by atoms with Crippen molar-refractivity contribution in [3.05, 3.63) is 81.1 Å². The summed E-state index contributed by atoms with van der Waals surface area (Å²) in [4.78, 5) is 41.0. The first-order valence-corrected chi connectivity index (χ1v) is 14.0. The zero-order valence-corrected chi connectivity index (χ0v) is 24.7. The largest absolute Gasteiger partial charge is 0.508 e. The summed E-state index contributed by atoms with van der Waals surface area (Å²) in [5, 5.41) is 58.7. The number of fused-ring (bicyclic) bond motifs is 3. The van der Waals surface area contributed by atoms with Gasteiger partial charge in [-0.15, -0.1) is 0 Å². The van der Waals surface area contributed by atoms with Crippen molar-refractivity contribution in [2.75, 3.05) is 0 Å². The van der Waals surface area contributed by atoms with E-state index in [1.807, 2.05) is 32.0 Å². The van der Waals surface area contributed by atoms with Crippen LogP contribution in [0.2, 0.25) is 0 Å². The second-order valence-corrected chi connectivity index (χ2v) is 12.6. The van der Waals surface area contributed by atoms with E-state index in [4.69, 9.17) is 0 Å². The second kappa shape index (κ2) is 9.24. The lowest BCUT2D eigenvalue weighted by atomic mass is 9.41. The summed E-state index contributed by atoms with van der Waals surface area (Å²) >= 11 is 0. The molecule has 0 spiro atoms. The topological polar surface area (TPSA) is 152 Å². The predicted molar refractivity (Wildman–Crippen MR) is 157 cm³/mol. The van der Waals surface area contributed by atoms with E-state index in [2.05, 4.69) is 0 Å². The Morgan fingerprint density at radius 2 is 1.64 bits per heavy atom. The molecule has 1 unspecified atom stereocenters. The Balaban J connectivity index is 1.95. The molecular formula is C34H36O8. The van der Waals surface area contributed by atoms with E-state index in [0.717, 1.165) is 23.6 Å². The van der Waals surface area contributed by atoms with Crippen molar-refractivity contribution in [1.82, 2.24) is 0 Å². The van der Waals surface area contributed by atoms with Crippen LogP contribution in [0.5, 0.6) is 5.75 Å². The number of rotatable bonds is 3. The van der Waals surface area contributed by atoms with Crippen molar-refractivity contribution in [2.24, 2.45) is 22.7 Å². The number of phenolic OH excluding ortho intramolecular Hbond substituents is 1. The van der Waals surface area contributed by atoms with Crippen molar-refractivity contribution >= 4 is 34.8 Å². The maximum absolute atomic E-state index is 14.6. The first-order valence-electron chi connectivity index (χ1n) is 14.0. The number of aliphatic hydroxyl groups is 4. The molecular weight excluding hydrogens is 536 g/mol. The first-order chi connectivity index (χ1) is 19.5. The Morgan fingerprint density at radius 1 is 1.00 bits per heavy atom. The fourth-order valence-corrected chi connectivity index (χ4v) is 7.72. The summed E-state index contributed by atoms with van der Waals surface area (Å²) in [7, 11) is 0. The van der Waals surface area contributed by atoms with Crippen LogP contribution in [0.15, 0.2) is 53.3 Å². The van der Waals surface area contributed by atoms with E-state index in [0.29, 0.717) is 11.1 Å². The molecule has 3 aliphatic rings. The highest BCUT2D eigenvalue weighted by Gasteiger charge is 2.76. The van der Waals surface area contributed by atoms with Crippen LogP contribution in [0.1, 0.15) is 62.4 Å². The predicted octanol–water partition coefficient (Wildman–Crippen LogP) is 4.78. The fourth-order valence-electron chi connectivity index (χ4n) is 7.72. The Bertz CT molecular complexity index is 1690. The summed E-state index contributed by atoms with van der Waals surface area (Å²) in [6.45, 7) is 11.2. The van der Waals surface area contributed by atoms with Gasteiger partial charge in [-0.3, -0.25) is 14.4 Å². The summed E-state index contributed by atoms with van der Waals surface area (Å²) in [5.74, 6) is -6.76. The van der Waals surface area contributed by atoms with Crippen LogP contribution in [0.25, 0.3) is 17.4 Å². The molecule has 0 saturated heterocycles. The van der Waals surface area contributed by atoms with Gasteiger partial charge in [0.25, 0.3) is 0 Å². The minimum atomic E-state index is -2.94. The Labute approximate surface area is 244 Å². The quantitative estimate of drug-likeness (QED) is 0.330. The number of ketones is 3. The van der Waals surface area contributed by atoms with Crippen LogP contribution in [0.4, 0.5) is 0 Å². The zero-order valence-electron chi connectivity index (χ0n) is 24.7. The number of carbonyl (C=O) groups excluding carboxylic acids is 3. The lowest BCUT2D eigenvalue weighted by Crippen LogP contribution is -2.75. The van der Waals surface area contributed by atoms with Gasteiger partial charge in [0, 0.05) is 11.3 Å². The molecule has 0 aromatic heterocycles. The summed E-state index contributed by atoms with van der Waals surface area (Å²) in [6, 6.07) is 10.3. The molecule has 2 aromatic rings. The van der Waals surface area contributed by atoms with Gasteiger partial charge in [0.1, 0.15) is 22.8 Å². The van der Waals surface area contributed by atoms with Gasteiger partial charge in [0.15, 0.2) is 17.2 Å². The number of aliphatic hydroxyl groups excluding tert-OH is 3. The Kier molecular flexibility index (Phi) is 6.49. The molecule has 0 bridgehead atoms. The molecule has 42 heavy (non-hydrogen) atoms. The third-order valence-corrected chi connectivity index (χ3v) is 9.95. The molecule has 1 saturated carbocycles. The van der Waals surface area contributed by atoms with Crippen molar-refractivity contribution in [3.8, 4) is 5.75 Å². The van der Waals surface area contributed by atoms with E-state index in [-0.39, 0.29) is 11.3 Å². The van der Waals surface area contributed by atoms with E-state index in [9.17, 15) is 39.9 Å². The number of aryl methyl sites for hydroxylation is 2. The van der Waals surface area contributed by atoms with E-state index >= 15 is 0 Å². The summed E-state index contributed by atoms with van der Waals surface area (Å²) in [6.07, 6.45) is 0.0118. The highest BCUT2D eigenvalue weighted by Crippen LogP contribution is 2.67. The molecule has 8 heteroatoms. The highest BCUT2D eigenvalue weighted by atomic mass is 16.4. The van der Waals surface area contributed by atoms with Crippen molar-refractivity contribution in [3.63, 3.8) is 0 Å². The maximum atomic E-state index is 14.6. The Hall–Kier alpha value is -4.01. The molecule has 0 radical (unpaired) electrons. The Morgan fingerprint density at radius 3 is 2.21 bits per heavy atom. The van der Waals surface area contributed by atoms with Crippen molar-refractivity contribution < 1.29 is 39.9 Å². The molecule has 0 aliphatic heterocycles. The van der Waals surface area contributed by atoms with Gasteiger partial charge >= 0.3 is 0 Å². The first kappa shape index (κ1) is 29.5. The number of allylic oxidation sites excluding steroid dienone is 1. The average Bonchev–Trinajstić information content (AvgIpc) is 2.90. The van der Waals surface area contributed by atoms with Crippen LogP contribution >= 0.6 is 0 Å². The van der Waals surface area contributed by atoms with E-state index in [1.54, 1.807) is 39.0 Å². The van der Waals surface area contributed by atoms with E-state index in [1.165, 1.54) is 13.0 Å². The molecule has 8 nitrogen and oxygen atoms in total. The van der Waals surface area contributed by atoms with Gasteiger partial charge in [-0.05, 0) is 67.5 Å². The normalized spacial score (nSPS) is 31.8. The number of hydrogen-bond donors (Lipinski definition) is 5. The average molecular weight is 573 g/mol. The van der Waals surface area contributed by atoms with Gasteiger partial charge < -0.3 is 25.5 Å². The number of Topliss-reactive ketones (excluding diaryl/α,β-unsaturated/α-hetero) is 3. The molecule has 5 rings (SSSR count). The maximum Gasteiger partial charge on any atom is 0.203 e. The third kappa shape index (κ3) is 3.39. The standard InChI is InChI=1S/C34H36O8/c1-15(2)25-27(37)23(18(5)35)29(39)34(42)30(40)26-28(38)24-20(9-8-10-22(24)36)21(32(26,6)31(41)33(25,34)7)14-19-12-11-16(3)17(4)13-19/h8-15,25,31,36,38-39,41-42H,1-7H3/b21-14+/t25?,31-,32+,33+,34+/m1/s1. The number of phenols is 1. The number of aromatic hydroxyl groups is 1. The van der Waals surface area contributed by atoms with Crippen molar-refractivity contribution in [1.29, 1.82) is 0 Å². The third-order valence-electron chi connectivity index (χ3n) is 9.95. The lowest BCUT2D eigenvalue weighted by Gasteiger charge is -2.62. The smallest absolute Gasteiger partial charge is 0.203 e. The number of benzene rings is 2. The monoisotopic (exact) mass is 572 g/mol. The molecule has 0 heterocycles. The van der Waals surface area contributed by atoms with Crippen molar-refractivity contribution in [2.45, 2.75) is 60.2 Å². The van der Waals surface area contributed by atoms with Gasteiger partial charge in [-0.1, -0.05) is 57.2 Å². The van der Waals surface area contributed by atoms with Crippen LogP contribution in [0, 0.1) is 36.5 Å². The summed E-state index contributed by atoms with van der Waals surface area (Å²) < 4.78 is 0. The highest BCUT2D eigenvalue weighted by molar-refractivity contribution is 6.25. The lowest BCUT2D eigenvalue weighted by molar-refractivity contribution is -0.207. The van der Waals surface area contributed by atoms with E-state index < -0.39 is 74.4 Å². The minimum absolute atomic E-state index is 0.0737. The van der Waals surface area contributed by atoms with Crippen LogP contribution in [-0.4, -0.2) is 54.6 Å². The summed E-state index contributed by atoms with van der Waals surface area (Å²) in [5.41, 5.74) is -4.44. The van der Waals surface area contributed by atoms with Crippen LogP contribution in [-0.2, 0) is 14.4 Å². The molecule has 5 N–H and O–H groups in total. The number of carbonyl (C=O) groups is 3.